The minimum atomic E-state index is -0.512. The topological polar surface area (TPSA) is 23.5 Å². The van der Waals surface area contributed by atoms with Gasteiger partial charge in [0.25, 0.3) is 0 Å². The van der Waals surface area contributed by atoms with Crippen molar-refractivity contribution in [2.45, 2.75) is 37.4 Å². The van der Waals surface area contributed by atoms with Gasteiger partial charge in [0.05, 0.1) is 0 Å². The highest BCUT2D eigenvalue weighted by Crippen LogP contribution is 2.49. The van der Waals surface area contributed by atoms with Gasteiger partial charge in [-0.1, -0.05) is 12.1 Å². The summed E-state index contributed by atoms with van der Waals surface area (Å²) in [5, 5.41) is 10.2. The van der Waals surface area contributed by atoms with Gasteiger partial charge in [0, 0.05) is 20.5 Å². The molecule has 1 aliphatic rings. The Morgan fingerprint density at radius 2 is 2.07 bits per heavy atom. The lowest BCUT2D eigenvalue weighted by molar-refractivity contribution is 0.0275. The van der Waals surface area contributed by atoms with Crippen LogP contribution in [-0.4, -0.2) is 15.0 Å². The number of halogens is 1. The van der Waals surface area contributed by atoms with Gasteiger partial charge in [-0.2, -0.15) is 0 Å². The van der Waals surface area contributed by atoms with Gasteiger partial charge in [-0.25, -0.2) is 4.31 Å². The van der Waals surface area contributed by atoms with Crippen LogP contribution in [0.15, 0.2) is 27.6 Å². The summed E-state index contributed by atoms with van der Waals surface area (Å²) in [4.78, 5) is 1.12. The van der Waals surface area contributed by atoms with Crippen molar-refractivity contribution in [2.24, 2.45) is 0 Å². The Bertz CT molecular complexity index is 389. The van der Waals surface area contributed by atoms with Crippen LogP contribution in [0, 0.1) is 0 Å². The van der Waals surface area contributed by atoms with E-state index in [9.17, 15) is 5.11 Å². The van der Waals surface area contributed by atoms with Crippen LogP contribution < -0.4 is 0 Å². The second kappa shape index (κ2) is 3.77. The summed E-state index contributed by atoms with van der Waals surface area (Å²) in [6.45, 7) is 6.30. The molecule has 2 nitrogen and oxygen atoms in total. The van der Waals surface area contributed by atoms with E-state index in [1.165, 1.54) is 0 Å². The van der Waals surface area contributed by atoms with E-state index in [1.54, 1.807) is 11.9 Å². The second-order valence-electron chi connectivity index (χ2n) is 4.62. The van der Waals surface area contributed by atoms with Crippen LogP contribution in [0.1, 0.15) is 32.6 Å². The quantitative estimate of drug-likeness (QED) is 0.738. The first-order valence-corrected chi connectivity index (χ1v) is 6.41. The zero-order valence-electron chi connectivity index (χ0n) is 8.99. The summed E-state index contributed by atoms with van der Waals surface area (Å²) in [6, 6.07) is 5.94. The van der Waals surface area contributed by atoms with Crippen LogP contribution in [0.3, 0.4) is 0 Å². The molecule has 1 unspecified atom stereocenters. The molecule has 0 aromatic heterocycles. The highest BCUT2D eigenvalue weighted by molar-refractivity contribution is 9.10. The molecule has 0 saturated heterocycles. The molecule has 0 saturated carbocycles. The van der Waals surface area contributed by atoms with Crippen molar-refractivity contribution >= 4 is 27.9 Å². The van der Waals surface area contributed by atoms with Crippen molar-refractivity contribution < 1.29 is 5.11 Å². The SMILES string of the molecule is CC(C)(C)N1Sc2c(Br)cccc2C1O. The van der Waals surface area contributed by atoms with Gasteiger partial charge in [0.15, 0.2) is 0 Å². The molecule has 0 spiro atoms. The summed E-state index contributed by atoms with van der Waals surface area (Å²) in [6.07, 6.45) is -0.512. The van der Waals surface area contributed by atoms with Crippen LogP contribution >= 0.6 is 27.9 Å². The van der Waals surface area contributed by atoms with Gasteiger partial charge in [0.2, 0.25) is 0 Å². The Labute approximate surface area is 103 Å². The predicted molar refractivity (Wildman–Crippen MR) is 66.6 cm³/mol. The highest BCUT2D eigenvalue weighted by atomic mass is 79.9. The summed E-state index contributed by atoms with van der Waals surface area (Å²) in [5.41, 5.74) is 0.937. The molecule has 0 amide bonds. The predicted octanol–water partition coefficient (Wildman–Crippen LogP) is 3.56. The monoisotopic (exact) mass is 287 g/mol. The number of hydrogen-bond acceptors (Lipinski definition) is 3. The number of aliphatic hydroxyl groups excluding tert-OH is 1. The van der Waals surface area contributed by atoms with E-state index in [0.29, 0.717) is 0 Å². The molecule has 4 heteroatoms. The summed E-state index contributed by atoms with van der Waals surface area (Å²) < 4.78 is 3.07. The van der Waals surface area contributed by atoms with E-state index in [-0.39, 0.29) is 5.54 Å². The lowest BCUT2D eigenvalue weighted by atomic mass is 10.1. The van der Waals surface area contributed by atoms with E-state index in [4.69, 9.17) is 0 Å². The minimum absolute atomic E-state index is 0.0530. The smallest absolute Gasteiger partial charge is 0.144 e. The molecule has 0 aliphatic carbocycles. The average molecular weight is 288 g/mol. The summed E-state index contributed by atoms with van der Waals surface area (Å²) in [5.74, 6) is 0. The Morgan fingerprint density at radius 3 is 2.60 bits per heavy atom. The molecule has 1 heterocycles. The summed E-state index contributed by atoms with van der Waals surface area (Å²) >= 11 is 5.12. The number of aliphatic hydroxyl groups is 1. The van der Waals surface area contributed by atoms with E-state index >= 15 is 0 Å². The van der Waals surface area contributed by atoms with Crippen LogP contribution in [0.4, 0.5) is 0 Å². The van der Waals surface area contributed by atoms with E-state index in [1.807, 2.05) is 22.5 Å². The zero-order chi connectivity index (χ0) is 11.2. The molecule has 1 aromatic carbocycles. The van der Waals surface area contributed by atoms with E-state index in [2.05, 4.69) is 36.7 Å². The lowest BCUT2D eigenvalue weighted by Gasteiger charge is -2.32. The van der Waals surface area contributed by atoms with Crippen molar-refractivity contribution in [1.29, 1.82) is 0 Å². The summed E-state index contributed by atoms with van der Waals surface area (Å²) in [7, 11) is 0. The van der Waals surface area contributed by atoms with Gasteiger partial charge in [-0.3, -0.25) is 0 Å². The van der Waals surface area contributed by atoms with Crippen LogP contribution in [0.5, 0.6) is 0 Å². The van der Waals surface area contributed by atoms with Crippen LogP contribution in [0.2, 0.25) is 0 Å². The van der Waals surface area contributed by atoms with Gasteiger partial charge >= 0.3 is 0 Å². The third-order valence-electron chi connectivity index (χ3n) is 2.35. The maximum absolute atomic E-state index is 10.2. The fourth-order valence-electron chi connectivity index (χ4n) is 1.60. The molecule has 2 rings (SSSR count). The Balaban J connectivity index is 2.42. The number of nitrogens with zero attached hydrogens (tertiary/aromatic N) is 1. The number of rotatable bonds is 0. The average Bonchev–Trinajstić information content (AvgIpc) is 2.45. The Hall–Kier alpha value is -0.0300. The van der Waals surface area contributed by atoms with Gasteiger partial charge in [0.1, 0.15) is 6.23 Å². The van der Waals surface area contributed by atoms with Crippen LogP contribution in [0.25, 0.3) is 0 Å². The maximum Gasteiger partial charge on any atom is 0.144 e. The first-order chi connectivity index (χ1) is 6.91. The maximum atomic E-state index is 10.2. The first-order valence-electron chi connectivity index (χ1n) is 4.85. The highest BCUT2D eigenvalue weighted by Gasteiger charge is 2.37. The normalized spacial score (nSPS) is 21.8. The van der Waals surface area contributed by atoms with Crippen molar-refractivity contribution in [2.75, 3.05) is 0 Å². The third kappa shape index (κ3) is 1.96. The molecule has 1 aromatic rings. The van der Waals surface area contributed by atoms with Crippen molar-refractivity contribution in [3.63, 3.8) is 0 Å². The third-order valence-corrected chi connectivity index (χ3v) is 4.85. The minimum Gasteiger partial charge on any atom is -0.373 e. The molecular formula is C11H14BrNOS. The molecule has 0 fully saturated rings. The van der Waals surface area contributed by atoms with Gasteiger partial charge in [-0.15, -0.1) is 0 Å². The van der Waals surface area contributed by atoms with E-state index in [0.717, 1.165) is 14.9 Å². The van der Waals surface area contributed by atoms with Gasteiger partial charge in [-0.05, 0) is 54.7 Å². The van der Waals surface area contributed by atoms with Crippen molar-refractivity contribution in [3.8, 4) is 0 Å². The standard InChI is InChI=1S/C11H14BrNOS/c1-11(2,3)13-10(14)7-5-4-6-8(12)9(7)15-13/h4-6,10,14H,1-3H3. The molecule has 1 N–H and O–H groups in total. The first kappa shape index (κ1) is 11.5. The number of hydrogen-bond donors (Lipinski definition) is 1. The van der Waals surface area contributed by atoms with Crippen molar-refractivity contribution in [3.05, 3.63) is 28.2 Å². The van der Waals surface area contributed by atoms with Gasteiger partial charge < -0.3 is 5.11 Å². The van der Waals surface area contributed by atoms with E-state index < -0.39 is 6.23 Å². The number of fused-ring (bicyclic) bond motifs is 1. The molecular weight excluding hydrogens is 274 g/mol. The second-order valence-corrected chi connectivity index (χ2v) is 6.46. The molecule has 0 radical (unpaired) electrons. The number of benzene rings is 1. The largest absolute Gasteiger partial charge is 0.373 e. The zero-order valence-corrected chi connectivity index (χ0v) is 11.4. The molecule has 1 aliphatic heterocycles. The van der Waals surface area contributed by atoms with Crippen LogP contribution in [-0.2, 0) is 0 Å². The lowest BCUT2D eigenvalue weighted by Crippen LogP contribution is -2.36. The molecule has 0 bridgehead atoms. The fourth-order valence-corrected chi connectivity index (χ4v) is 3.32. The van der Waals surface area contributed by atoms with Crippen molar-refractivity contribution in [1.82, 2.24) is 4.31 Å². The Kier molecular flexibility index (Phi) is 2.88. The molecule has 82 valence electrons. The Morgan fingerprint density at radius 1 is 1.40 bits per heavy atom. The fraction of sp³-hybridized carbons (Fsp3) is 0.455. The molecule has 1 atom stereocenters. The molecule has 15 heavy (non-hydrogen) atoms.